The van der Waals surface area contributed by atoms with E-state index in [1.165, 1.54) is 0 Å². The minimum atomic E-state index is -1.13. The smallest absolute Gasteiger partial charge is 0.404 e. The third kappa shape index (κ3) is 3.32. The van der Waals surface area contributed by atoms with Crippen molar-refractivity contribution in [3.8, 4) is 0 Å². The zero-order valence-electron chi connectivity index (χ0n) is 13.0. The molecule has 4 N–H and O–H groups in total. The number of nitrogens with one attached hydrogen (secondary N) is 3. The second-order valence-electron chi connectivity index (χ2n) is 5.62. The largest absolute Gasteiger partial charge is 0.465 e. The van der Waals surface area contributed by atoms with E-state index in [-0.39, 0.29) is 24.9 Å². The number of hydrogen-bond acceptors (Lipinski definition) is 3. The highest BCUT2D eigenvalue weighted by Gasteiger charge is 2.22. The molecular weight excluding hydrogens is 312 g/mol. The van der Waals surface area contributed by atoms with Crippen LogP contribution < -0.4 is 10.6 Å². The number of aromatic nitrogens is 1. The Morgan fingerprint density at radius 2 is 1.88 bits per heavy atom. The lowest BCUT2D eigenvalue weighted by Crippen LogP contribution is -2.41. The molecule has 2 aromatic rings. The highest BCUT2D eigenvalue weighted by atomic mass is 16.4. The average molecular weight is 330 g/mol. The summed E-state index contributed by atoms with van der Waals surface area (Å²) in [6, 6.07) is 6.99. The lowest BCUT2D eigenvalue weighted by atomic mass is 10.1. The molecule has 0 atom stereocenters. The maximum atomic E-state index is 12.2. The van der Waals surface area contributed by atoms with Crippen LogP contribution in [-0.2, 0) is 0 Å². The molecule has 0 aliphatic carbocycles. The van der Waals surface area contributed by atoms with Crippen molar-refractivity contribution in [3.63, 3.8) is 0 Å². The molecule has 1 aromatic heterocycles. The SMILES string of the molecule is O=C(O)NCCNC(=O)c1cc2cc(C(=O)N3CCC3)ccc2[nH]1. The number of carbonyl (C=O) groups is 3. The average Bonchev–Trinajstić information content (AvgIpc) is 2.92. The molecule has 1 aliphatic heterocycles. The van der Waals surface area contributed by atoms with Gasteiger partial charge in [0.2, 0.25) is 0 Å². The van der Waals surface area contributed by atoms with Crippen LogP contribution in [0.3, 0.4) is 0 Å². The number of amides is 3. The standard InChI is InChI=1S/C16H18N4O4/c21-14(17-4-5-18-16(23)24)13-9-11-8-10(2-3-12(11)19-13)15(22)20-6-1-7-20/h2-3,8-9,18-19H,1,4-7H2,(H,17,21)(H,23,24). The molecule has 0 saturated carbocycles. The predicted molar refractivity (Wildman–Crippen MR) is 87.2 cm³/mol. The number of carboxylic acid groups (broad SMARTS) is 1. The van der Waals surface area contributed by atoms with Crippen molar-refractivity contribution in [2.75, 3.05) is 26.2 Å². The highest BCUT2D eigenvalue weighted by Crippen LogP contribution is 2.20. The van der Waals surface area contributed by atoms with E-state index in [2.05, 4.69) is 15.6 Å². The Morgan fingerprint density at radius 1 is 1.12 bits per heavy atom. The molecule has 0 bridgehead atoms. The molecule has 1 saturated heterocycles. The van der Waals surface area contributed by atoms with Crippen LogP contribution in [0, 0.1) is 0 Å². The van der Waals surface area contributed by atoms with Gasteiger partial charge in [0.15, 0.2) is 0 Å². The van der Waals surface area contributed by atoms with Gasteiger partial charge in [0.1, 0.15) is 5.69 Å². The molecule has 24 heavy (non-hydrogen) atoms. The van der Waals surface area contributed by atoms with Crippen LogP contribution in [-0.4, -0.2) is 59.1 Å². The van der Waals surface area contributed by atoms with Crippen molar-refractivity contribution in [1.82, 2.24) is 20.5 Å². The molecule has 3 rings (SSSR count). The summed E-state index contributed by atoms with van der Waals surface area (Å²) in [5, 5.41) is 14.0. The van der Waals surface area contributed by atoms with Crippen LogP contribution in [0.2, 0.25) is 0 Å². The van der Waals surface area contributed by atoms with E-state index < -0.39 is 6.09 Å². The van der Waals surface area contributed by atoms with Gasteiger partial charge in [-0.25, -0.2) is 4.79 Å². The molecule has 1 fully saturated rings. The molecule has 8 nitrogen and oxygen atoms in total. The summed E-state index contributed by atoms with van der Waals surface area (Å²) in [5.74, 6) is -0.316. The van der Waals surface area contributed by atoms with E-state index in [1.807, 2.05) is 0 Å². The van der Waals surface area contributed by atoms with E-state index >= 15 is 0 Å². The summed E-state index contributed by atoms with van der Waals surface area (Å²) in [6.45, 7) is 1.92. The van der Waals surface area contributed by atoms with Gasteiger partial charge in [-0.2, -0.15) is 0 Å². The van der Waals surface area contributed by atoms with Gasteiger partial charge in [-0.3, -0.25) is 9.59 Å². The Kier molecular flexibility index (Phi) is 4.37. The van der Waals surface area contributed by atoms with Gasteiger partial charge in [-0.05, 0) is 30.7 Å². The summed E-state index contributed by atoms with van der Waals surface area (Å²) in [5.41, 5.74) is 1.75. The first kappa shape index (κ1) is 15.9. The van der Waals surface area contributed by atoms with Gasteiger partial charge in [-0.1, -0.05) is 0 Å². The van der Waals surface area contributed by atoms with Crippen molar-refractivity contribution < 1.29 is 19.5 Å². The Labute approximate surface area is 137 Å². The molecule has 1 aromatic carbocycles. The second kappa shape index (κ2) is 6.61. The first-order valence-electron chi connectivity index (χ1n) is 7.71. The molecule has 1 aliphatic rings. The van der Waals surface area contributed by atoms with E-state index in [1.54, 1.807) is 29.2 Å². The maximum absolute atomic E-state index is 12.2. The summed E-state index contributed by atoms with van der Waals surface area (Å²) in [7, 11) is 0. The second-order valence-corrected chi connectivity index (χ2v) is 5.62. The fourth-order valence-electron chi connectivity index (χ4n) is 2.53. The van der Waals surface area contributed by atoms with Crippen LogP contribution in [0.1, 0.15) is 27.3 Å². The number of likely N-dealkylation sites (tertiary alicyclic amines) is 1. The Bertz CT molecular complexity index is 794. The number of carbonyl (C=O) groups excluding carboxylic acids is 2. The molecule has 3 amide bonds. The first-order valence-corrected chi connectivity index (χ1v) is 7.71. The number of hydrogen-bond donors (Lipinski definition) is 4. The van der Waals surface area contributed by atoms with Gasteiger partial charge < -0.3 is 25.6 Å². The minimum Gasteiger partial charge on any atom is -0.465 e. The maximum Gasteiger partial charge on any atom is 0.404 e. The summed E-state index contributed by atoms with van der Waals surface area (Å²) in [4.78, 5) is 39.4. The number of benzene rings is 1. The minimum absolute atomic E-state index is 0.00935. The number of nitrogens with zero attached hydrogens (tertiary/aromatic N) is 1. The summed E-state index contributed by atoms with van der Waals surface area (Å²) >= 11 is 0. The summed E-state index contributed by atoms with van der Waals surface area (Å²) < 4.78 is 0. The fourth-order valence-corrected chi connectivity index (χ4v) is 2.53. The molecule has 2 heterocycles. The van der Waals surface area contributed by atoms with Gasteiger partial charge in [0.05, 0.1) is 0 Å². The number of H-pyrrole nitrogens is 1. The van der Waals surface area contributed by atoms with Crippen LogP contribution in [0.15, 0.2) is 24.3 Å². The molecule has 0 spiro atoms. The zero-order chi connectivity index (χ0) is 17.1. The summed E-state index contributed by atoms with van der Waals surface area (Å²) in [6.07, 6.45) is -0.0894. The van der Waals surface area contributed by atoms with Gasteiger partial charge in [0, 0.05) is 42.6 Å². The van der Waals surface area contributed by atoms with Crippen LogP contribution in [0.25, 0.3) is 10.9 Å². The van der Waals surface area contributed by atoms with E-state index in [0.29, 0.717) is 11.3 Å². The highest BCUT2D eigenvalue weighted by molar-refractivity contribution is 6.01. The lowest BCUT2D eigenvalue weighted by molar-refractivity contribution is 0.0652. The molecular formula is C16H18N4O4. The Balaban J connectivity index is 1.67. The van der Waals surface area contributed by atoms with Gasteiger partial charge in [0.25, 0.3) is 11.8 Å². The van der Waals surface area contributed by atoms with E-state index in [0.717, 1.165) is 30.4 Å². The number of fused-ring (bicyclic) bond motifs is 1. The molecule has 126 valence electrons. The van der Waals surface area contributed by atoms with Crippen molar-refractivity contribution in [2.45, 2.75) is 6.42 Å². The van der Waals surface area contributed by atoms with Crippen LogP contribution >= 0.6 is 0 Å². The van der Waals surface area contributed by atoms with E-state index in [9.17, 15) is 14.4 Å². The Morgan fingerprint density at radius 3 is 2.54 bits per heavy atom. The zero-order valence-corrected chi connectivity index (χ0v) is 13.0. The number of aromatic amines is 1. The third-order valence-electron chi connectivity index (χ3n) is 3.94. The lowest BCUT2D eigenvalue weighted by Gasteiger charge is -2.30. The normalized spacial score (nSPS) is 13.4. The third-order valence-corrected chi connectivity index (χ3v) is 3.94. The van der Waals surface area contributed by atoms with Gasteiger partial charge >= 0.3 is 6.09 Å². The molecule has 0 radical (unpaired) electrons. The van der Waals surface area contributed by atoms with Crippen LogP contribution in [0.4, 0.5) is 4.79 Å². The predicted octanol–water partition coefficient (Wildman–Crippen LogP) is 1.01. The van der Waals surface area contributed by atoms with Crippen molar-refractivity contribution >= 4 is 28.8 Å². The van der Waals surface area contributed by atoms with Crippen LogP contribution in [0.5, 0.6) is 0 Å². The molecule has 0 unspecified atom stereocenters. The van der Waals surface area contributed by atoms with Crippen molar-refractivity contribution in [3.05, 3.63) is 35.5 Å². The van der Waals surface area contributed by atoms with Crippen molar-refractivity contribution in [1.29, 1.82) is 0 Å². The molecule has 8 heteroatoms. The number of rotatable bonds is 5. The Hall–Kier alpha value is -3.03. The quantitative estimate of drug-likeness (QED) is 0.613. The van der Waals surface area contributed by atoms with E-state index in [4.69, 9.17) is 5.11 Å². The first-order chi connectivity index (χ1) is 11.5. The topological polar surface area (TPSA) is 115 Å². The fraction of sp³-hybridized carbons (Fsp3) is 0.312. The van der Waals surface area contributed by atoms with Crippen molar-refractivity contribution in [2.24, 2.45) is 0 Å². The van der Waals surface area contributed by atoms with Gasteiger partial charge in [-0.15, -0.1) is 0 Å². The monoisotopic (exact) mass is 330 g/mol.